The van der Waals surface area contributed by atoms with Crippen LogP contribution in [0.25, 0.3) is 0 Å². The number of alkyl halides is 4. The van der Waals surface area contributed by atoms with Gasteiger partial charge in [-0.25, -0.2) is 18.8 Å². The molecule has 0 aromatic heterocycles. The molecule has 0 spiro atoms. The van der Waals surface area contributed by atoms with Crippen LogP contribution >= 0.6 is 15.9 Å². The van der Waals surface area contributed by atoms with Crippen molar-refractivity contribution in [1.82, 2.24) is 9.80 Å². The van der Waals surface area contributed by atoms with E-state index in [4.69, 9.17) is 17.9 Å². The molecule has 6 rings (SSSR count). The van der Waals surface area contributed by atoms with Crippen LogP contribution in [0.4, 0.5) is 26.3 Å². The van der Waals surface area contributed by atoms with Crippen LogP contribution in [-0.4, -0.2) is 60.9 Å². The number of aryl methyl sites for hydroxylation is 2. The summed E-state index contributed by atoms with van der Waals surface area (Å²) in [6.45, 7) is 1.24. The number of likely N-dealkylation sites (N-methyl/N-ethyl adjacent to an activating group) is 2. The molecule has 4 aromatic rings. The number of benzene rings is 4. The minimum Gasteiger partial charge on any atom is -0.435 e. The maximum absolute atomic E-state index is 14.4. The third kappa shape index (κ3) is 11.0. The molecule has 2 aliphatic heterocycles. The van der Waals surface area contributed by atoms with Gasteiger partial charge in [-0.15, -0.1) is 12.3 Å². The van der Waals surface area contributed by atoms with E-state index in [-0.39, 0.29) is 40.9 Å². The van der Waals surface area contributed by atoms with E-state index in [0.717, 1.165) is 19.3 Å². The number of amides is 2. The zero-order chi connectivity index (χ0) is 46.8. The van der Waals surface area contributed by atoms with Gasteiger partial charge in [-0.05, 0) is 125 Å². The lowest BCUT2D eigenvalue weighted by Crippen LogP contribution is -2.41. The van der Waals surface area contributed by atoms with E-state index >= 15 is 0 Å². The number of nitrogens with zero attached hydrogens (tertiary/aromatic N) is 4. The Labute approximate surface area is 377 Å². The van der Waals surface area contributed by atoms with Crippen molar-refractivity contribution in [2.75, 3.05) is 14.1 Å². The van der Waals surface area contributed by atoms with Gasteiger partial charge in [0.25, 0.3) is 11.8 Å². The van der Waals surface area contributed by atoms with Gasteiger partial charge in [0, 0.05) is 26.9 Å². The fourth-order valence-electron chi connectivity index (χ4n) is 6.57. The summed E-state index contributed by atoms with van der Waals surface area (Å²) in [5.41, 5.74) is 11.1. The average molecular weight is 956 g/mol. The van der Waals surface area contributed by atoms with Gasteiger partial charge in [0.15, 0.2) is 23.0 Å². The number of halogens is 7. The second kappa shape index (κ2) is 22.2. The first-order valence-electron chi connectivity index (χ1n) is 19.4. The predicted octanol–water partition coefficient (Wildman–Crippen LogP) is 9.50. The molecule has 0 aliphatic carbocycles. The Morgan fingerprint density at radius 2 is 1.11 bits per heavy atom. The number of unbranched alkanes of at least 4 members (excludes halogenated alkanes) is 2. The van der Waals surface area contributed by atoms with Crippen LogP contribution in [0, 0.1) is 49.7 Å². The lowest BCUT2D eigenvalue weighted by atomic mass is 9.81. The number of carbonyl (C=O) groups is 2. The second-order valence-electron chi connectivity index (χ2n) is 14.1. The van der Waals surface area contributed by atoms with Gasteiger partial charge in [-0.2, -0.15) is 17.6 Å². The number of nitrogens with two attached hydrogens (primary N) is 2. The lowest BCUT2D eigenvalue weighted by molar-refractivity contribution is -0.130. The molecule has 0 saturated heterocycles. The molecule has 0 fully saturated rings. The molecule has 4 aromatic carbocycles. The first kappa shape index (κ1) is 51.9. The molecule has 2 aliphatic rings. The van der Waals surface area contributed by atoms with Crippen LogP contribution in [0.15, 0.2) is 87.3 Å². The summed E-state index contributed by atoms with van der Waals surface area (Å²) in [7, 11) is 2.96. The molecule has 64 heavy (non-hydrogen) atoms. The summed E-state index contributed by atoms with van der Waals surface area (Å²) in [4.78, 5) is 37.6. The van der Waals surface area contributed by atoms with Gasteiger partial charge in [0.2, 0.25) is 0 Å². The summed E-state index contributed by atoms with van der Waals surface area (Å²) in [5.74, 6) is 6.23. The molecule has 0 radical (unpaired) electrons. The van der Waals surface area contributed by atoms with Crippen LogP contribution in [-0.2, 0) is 20.7 Å². The average Bonchev–Trinajstić information content (AvgIpc) is 3.61. The Morgan fingerprint density at radius 3 is 1.45 bits per heavy atom. The van der Waals surface area contributed by atoms with Gasteiger partial charge in [0.05, 0.1) is 10.0 Å². The summed E-state index contributed by atoms with van der Waals surface area (Å²) in [5, 5.41) is 0. The molecule has 0 saturated carbocycles. The summed E-state index contributed by atoms with van der Waals surface area (Å²) < 4.78 is 87.5. The standard InChI is InChI=1S/C23H22F3N3O2.C18H15BrF3N3O2.C5H8.CH4/c1-4-5-6-7-15-13-17(8-10-18(15)24)23(20(30)29(3)22(27)28-23)16-9-11-19(14(2)12-16)31-21(25)26;1-9-7-10(4-6-14(9)27-16(21)22)18(15(26)25(2)17(23)24-18)11-3-5-13(20)12(19)8-11;1-3-5-4-2;/h8-13,21H,4-5H2,1-3H3,(H2,27,28);3-8,16H,1-2H3,(H2,23,24);1H,4-5H2,2H3;1H4. The Kier molecular flexibility index (Phi) is 18.0. The van der Waals surface area contributed by atoms with E-state index in [0.29, 0.717) is 39.8 Å². The SMILES string of the molecule is C.C#CCCC.CCCC#Cc1cc(C2(c3ccc(OC(F)F)c(C)c3)N=C(N)N(C)C2=O)ccc1F.Cc1cc(C2(c3ccc(F)c(Br)c3)N=C(N)N(C)C2=O)ccc1OC(F)F. The number of guanidine groups is 2. The highest BCUT2D eigenvalue weighted by molar-refractivity contribution is 9.10. The van der Waals surface area contributed by atoms with Gasteiger partial charge >= 0.3 is 13.2 Å². The monoisotopic (exact) mass is 954 g/mol. The fourth-order valence-corrected chi connectivity index (χ4v) is 6.95. The van der Waals surface area contributed by atoms with Crippen LogP contribution in [0.1, 0.15) is 85.9 Å². The van der Waals surface area contributed by atoms with E-state index in [1.807, 2.05) is 6.92 Å². The van der Waals surface area contributed by atoms with Crippen molar-refractivity contribution < 1.29 is 45.4 Å². The van der Waals surface area contributed by atoms with Crippen LogP contribution in [0.5, 0.6) is 11.5 Å². The van der Waals surface area contributed by atoms with Crippen LogP contribution in [0.3, 0.4) is 0 Å². The molecule has 2 unspecified atom stereocenters. The number of ether oxygens (including phenoxy) is 2. The molecule has 2 heterocycles. The number of terminal acetylenes is 1. The minimum atomic E-state index is -2.98. The first-order chi connectivity index (χ1) is 29.8. The molecule has 2 atom stereocenters. The number of hydrogen-bond acceptors (Lipinski definition) is 8. The molecule has 0 bridgehead atoms. The number of rotatable bonds is 10. The number of aliphatic imine (C=N–C) groups is 2. The van der Waals surface area contributed by atoms with Crippen molar-refractivity contribution in [2.45, 2.75) is 85.1 Å². The number of carbonyl (C=O) groups excluding carboxylic acids is 2. The second-order valence-corrected chi connectivity index (χ2v) is 15.0. The van der Waals surface area contributed by atoms with Gasteiger partial charge in [-0.1, -0.05) is 57.4 Å². The topological polar surface area (TPSA) is 136 Å². The highest BCUT2D eigenvalue weighted by Crippen LogP contribution is 2.43. The van der Waals surface area contributed by atoms with Crippen LogP contribution < -0.4 is 20.9 Å². The highest BCUT2D eigenvalue weighted by atomic mass is 79.9. The molecule has 4 N–H and O–H groups in total. The predicted molar refractivity (Wildman–Crippen MR) is 239 cm³/mol. The smallest absolute Gasteiger partial charge is 0.387 e. The van der Waals surface area contributed by atoms with Crippen molar-refractivity contribution in [3.8, 4) is 35.7 Å². The first-order valence-corrected chi connectivity index (χ1v) is 20.1. The van der Waals surface area contributed by atoms with Crippen LogP contribution in [0.2, 0.25) is 0 Å². The van der Waals surface area contributed by atoms with E-state index in [1.54, 1.807) is 13.8 Å². The molecule has 340 valence electrons. The highest BCUT2D eigenvalue weighted by Gasteiger charge is 2.51. The van der Waals surface area contributed by atoms with E-state index in [2.05, 4.69) is 60.1 Å². The van der Waals surface area contributed by atoms with Gasteiger partial charge < -0.3 is 20.9 Å². The van der Waals surface area contributed by atoms with Gasteiger partial charge in [-0.3, -0.25) is 19.4 Å². The largest absolute Gasteiger partial charge is 0.435 e. The zero-order valence-electron chi connectivity index (χ0n) is 35.2. The fraction of sp³-hybridized carbons (Fsp3) is 0.319. The molecule has 2 amide bonds. The zero-order valence-corrected chi connectivity index (χ0v) is 36.8. The van der Waals surface area contributed by atoms with E-state index in [9.17, 15) is 35.9 Å². The van der Waals surface area contributed by atoms with Crippen molar-refractivity contribution in [1.29, 1.82) is 0 Å². The third-order valence-corrected chi connectivity index (χ3v) is 10.4. The van der Waals surface area contributed by atoms with Crippen molar-refractivity contribution in [3.63, 3.8) is 0 Å². The summed E-state index contributed by atoms with van der Waals surface area (Å²) in [6.07, 6.45) is 8.34. The van der Waals surface area contributed by atoms with Crippen molar-refractivity contribution >= 4 is 39.7 Å². The molecular formula is C47H49BrF6N6O4. The Hall–Kier alpha value is -6.46. The maximum atomic E-state index is 14.4. The lowest BCUT2D eigenvalue weighted by Gasteiger charge is -2.27. The normalized spacial score (nSPS) is 17.5. The Morgan fingerprint density at radius 1 is 0.703 bits per heavy atom. The molecular weight excluding hydrogens is 906 g/mol. The quantitative estimate of drug-likeness (QED) is 0.120. The van der Waals surface area contributed by atoms with Crippen molar-refractivity contribution in [2.24, 2.45) is 21.5 Å². The number of hydrogen-bond donors (Lipinski definition) is 2. The summed E-state index contributed by atoms with van der Waals surface area (Å²) in [6, 6.07) is 17.0. The Balaban J connectivity index is 0.000000306. The molecule has 17 heteroatoms. The maximum Gasteiger partial charge on any atom is 0.387 e. The minimum absolute atomic E-state index is 0. The third-order valence-electron chi connectivity index (χ3n) is 9.81. The molecule has 10 nitrogen and oxygen atoms in total. The van der Waals surface area contributed by atoms with Crippen molar-refractivity contribution in [3.05, 3.63) is 128 Å². The van der Waals surface area contributed by atoms with Gasteiger partial charge in [0.1, 0.15) is 23.1 Å². The summed E-state index contributed by atoms with van der Waals surface area (Å²) >= 11 is 3.11. The Bertz CT molecular complexity index is 2520. The van der Waals surface area contributed by atoms with E-state index in [1.165, 1.54) is 96.7 Å². The van der Waals surface area contributed by atoms with E-state index < -0.39 is 47.7 Å².